The number of hydrogen-bond acceptors (Lipinski definition) is 2. The molecule has 1 heterocycles. The summed E-state index contributed by atoms with van der Waals surface area (Å²) in [5.74, 6) is -1.00. The van der Waals surface area contributed by atoms with Crippen molar-refractivity contribution in [3.8, 4) is 5.69 Å². The van der Waals surface area contributed by atoms with Gasteiger partial charge in [0.1, 0.15) is 0 Å². The summed E-state index contributed by atoms with van der Waals surface area (Å²) in [6.45, 7) is 5.23. The molecule has 0 atom stereocenters. The lowest BCUT2D eigenvalue weighted by Gasteiger charge is -2.17. The molecule has 1 N–H and O–H groups in total. The third kappa shape index (κ3) is 2.13. The first-order chi connectivity index (χ1) is 9.49. The van der Waals surface area contributed by atoms with Crippen molar-refractivity contribution < 1.29 is 9.90 Å². The lowest BCUT2D eigenvalue weighted by Crippen LogP contribution is -2.28. The van der Waals surface area contributed by atoms with Crippen LogP contribution in [-0.2, 0) is 6.42 Å². The van der Waals surface area contributed by atoms with E-state index in [-0.39, 0.29) is 11.1 Å². The molecule has 4 heteroatoms. The first-order valence-electron chi connectivity index (χ1n) is 6.52. The van der Waals surface area contributed by atoms with Gasteiger partial charge in [0.25, 0.3) is 5.56 Å². The number of carboxylic acids is 1. The second-order valence-electron chi connectivity index (χ2n) is 4.70. The van der Waals surface area contributed by atoms with Crippen LogP contribution in [0, 0.1) is 13.8 Å². The van der Waals surface area contributed by atoms with Gasteiger partial charge in [-0.2, -0.15) is 0 Å². The summed E-state index contributed by atoms with van der Waals surface area (Å²) in [4.78, 5) is 24.1. The van der Waals surface area contributed by atoms with Gasteiger partial charge in [0, 0.05) is 16.9 Å². The van der Waals surface area contributed by atoms with Crippen LogP contribution in [0.4, 0.5) is 0 Å². The zero-order valence-electron chi connectivity index (χ0n) is 11.8. The molecule has 0 aliphatic heterocycles. The number of para-hydroxylation sites is 1. The van der Waals surface area contributed by atoms with E-state index >= 15 is 0 Å². The van der Waals surface area contributed by atoms with E-state index in [0.717, 1.165) is 0 Å². The molecular weight excluding hydrogens is 254 g/mol. The third-order valence-corrected chi connectivity index (χ3v) is 3.57. The number of carbonyl (C=O) groups is 1. The van der Waals surface area contributed by atoms with E-state index in [2.05, 4.69) is 0 Å². The lowest BCUT2D eigenvalue weighted by molar-refractivity contribution is 0.0694. The molecule has 1 aromatic carbocycles. The Morgan fingerprint density at radius 1 is 1.20 bits per heavy atom. The number of hydrogen-bond donors (Lipinski definition) is 1. The fraction of sp³-hybridized carbons (Fsp3) is 0.250. The second-order valence-corrected chi connectivity index (χ2v) is 4.70. The molecule has 0 spiro atoms. The lowest BCUT2D eigenvalue weighted by atomic mass is 10.00. The quantitative estimate of drug-likeness (QED) is 0.933. The standard InChI is InChI=1S/C16H17NO3/c1-4-13-10(2)14(16(19)20)11(3)17(15(13)18)12-8-6-5-7-9-12/h5-9H,4H2,1-3H3,(H,19,20). The normalized spacial score (nSPS) is 10.6. The first-order valence-corrected chi connectivity index (χ1v) is 6.52. The first kappa shape index (κ1) is 14.1. The minimum Gasteiger partial charge on any atom is -0.478 e. The summed E-state index contributed by atoms with van der Waals surface area (Å²) < 4.78 is 1.48. The van der Waals surface area contributed by atoms with Crippen LogP contribution in [0.3, 0.4) is 0 Å². The smallest absolute Gasteiger partial charge is 0.337 e. The van der Waals surface area contributed by atoms with Crippen LogP contribution in [0.15, 0.2) is 35.1 Å². The van der Waals surface area contributed by atoms with Crippen LogP contribution in [0.2, 0.25) is 0 Å². The number of rotatable bonds is 3. The Labute approximate surface area is 117 Å². The molecule has 0 fully saturated rings. The fourth-order valence-electron chi connectivity index (χ4n) is 2.60. The van der Waals surface area contributed by atoms with Crippen LogP contribution < -0.4 is 5.56 Å². The molecule has 0 saturated heterocycles. The molecule has 2 rings (SSSR count). The van der Waals surface area contributed by atoms with Crippen LogP contribution >= 0.6 is 0 Å². The minimum atomic E-state index is -1.00. The van der Waals surface area contributed by atoms with Gasteiger partial charge in [-0.3, -0.25) is 9.36 Å². The summed E-state index contributed by atoms with van der Waals surface area (Å²) in [7, 11) is 0. The number of carboxylic acid groups (broad SMARTS) is 1. The maximum atomic E-state index is 12.6. The van der Waals surface area contributed by atoms with Crippen molar-refractivity contribution in [3.63, 3.8) is 0 Å². The highest BCUT2D eigenvalue weighted by Crippen LogP contribution is 2.19. The van der Waals surface area contributed by atoms with Gasteiger partial charge in [0.05, 0.1) is 5.56 Å². The zero-order valence-corrected chi connectivity index (χ0v) is 11.8. The number of nitrogens with zero attached hydrogens (tertiary/aromatic N) is 1. The molecule has 20 heavy (non-hydrogen) atoms. The molecule has 104 valence electrons. The molecular formula is C16H17NO3. The zero-order chi connectivity index (χ0) is 14.9. The molecule has 2 aromatic rings. The van der Waals surface area contributed by atoms with E-state index in [1.807, 2.05) is 25.1 Å². The van der Waals surface area contributed by atoms with Crippen molar-refractivity contribution >= 4 is 5.97 Å². The molecule has 4 nitrogen and oxygen atoms in total. The van der Waals surface area contributed by atoms with Gasteiger partial charge in [-0.1, -0.05) is 25.1 Å². The average Bonchev–Trinajstić information content (AvgIpc) is 2.39. The van der Waals surface area contributed by atoms with Gasteiger partial charge in [-0.15, -0.1) is 0 Å². The maximum absolute atomic E-state index is 12.6. The third-order valence-electron chi connectivity index (χ3n) is 3.57. The number of pyridine rings is 1. The van der Waals surface area contributed by atoms with Gasteiger partial charge in [0.2, 0.25) is 0 Å². The number of aromatic nitrogens is 1. The van der Waals surface area contributed by atoms with E-state index in [4.69, 9.17) is 0 Å². The largest absolute Gasteiger partial charge is 0.478 e. The van der Waals surface area contributed by atoms with E-state index in [9.17, 15) is 14.7 Å². The highest BCUT2D eigenvalue weighted by molar-refractivity contribution is 5.91. The van der Waals surface area contributed by atoms with Crippen molar-refractivity contribution in [1.29, 1.82) is 0 Å². The van der Waals surface area contributed by atoms with E-state index < -0.39 is 5.97 Å². The summed E-state index contributed by atoms with van der Waals surface area (Å²) in [6, 6.07) is 9.11. The Balaban J connectivity index is 2.92. The van der Waals surface area contributed by atoms with Crippen LogP contribution in [-0.4, -0.2) is 15.6 Å². The van der Waals surface area contributed by atoms with Gasteiger partial charge < -0.3 is 5.11 Å². The molecule has 0 bridgehead atoms. The Bertz CT molecular complexity index is 715. The molecule has 0 aliphatic carbocycles. The van der Waals surface area contributed by atoms with Gasteiger partial charge in [0.15, 0.2) is 0 Å². The Morgan fingerprint density at radius 2 is 1.80 bits per heavy atom. The number of benzene rings is 1. The molecule has 0 unspecified atom stereocenters. The van der Waals surface area contributed by atoms with Crippen LogP contribution in [0.25, 0.3) is 5.69 Å². The molecule has 0 saturated carbocycles. The van der Waals surface area contributed by atoms with Crippen molar-refractivity contribution in [3.05, 3.63) is 63.1 Å². The summed E-state index contributed by atoms with van der Waals surface area (Å²) in [5, 5.41) is 9.41. The molecule has 0 radical (unpaired) electrons. The summed E-state index contributed by atoms with van der Waals surface area (Å²) in [5.41, 5.74) is 2.34. The Kier molecular flexibility index (Phi) is 3.74. The van der Waals surface area contributed by atoms with Crippen molar-refractivity contribution in [1.82, 2.24) is 4.57 Å². The predicted molar refractivity (Wildman–Crippen MR) is 77.9 cm³/mol. The van der Waals surface area contributed by atoms with E-state index in [0.29, 0.717) is 28.9 Å². The predicted octanol–water partition coefficient (Wildman–Crippen LogP) is 2.71. The van der Waals surface area contributed by atoms with Gasteiger partial charge in [-0.05, 0) is 38.0 Å². The van der Waals surface area contributed by atoms with E-state index in [1.165, 1.54) is 4.57 Å². The molecule has 0 aliphatic rings. The highest BCUT2D eigenvalue weighted by Gasteiger charge is 2.20. The SMILES string of the molecule is CCc1c(C)c(C(=O)O)c(C)n(-c2ccccc2)c1=O. The van der Waals surface area contributed by atoms with Crippen molar-refractivity contribution in [2.75, 3.05) is 0 Å². The Morgan fingerprint density at radius 3 is 2.30 bits per heavy atom. The average molecular weight is 271 g/mol. The maximum Gasteiger partial charge on any atom is 0.337 e. The van der Waals surface area contributed by atoms with Crippen LogP contribution in [0.1, 0.15) is 34.1 Å². The monoisotopic (exact) mass is 271 g/mol. The highest BCUT2D eigenvalue weighted by atomic mass is 16.4. The topological polar surface area (TPSA) is 59.3 Å². The molecule has 0 amide bonds. The van der Waals surface area contributed by atoms with E-state index in [1.54, 1.807) is 26.0 Å². The molecule has 1 aromatic heterocycles. The Hall–Kier alpha value is -2.36. The van der Waals surface area contributed by atoms with Crippen LogP contribution in [0.5, 0.6) is 0 Å². The fourth-order valence-corrected chi connectivity index (χ4v) is 2.60. The summed E-state index contributed by atoms with van der Waals surface area (Å²) in [6.07, 6.45) is 0.512. The van der Waals surface area contributed by atoms with Crippen molar-refractivity contribution in [2.45, 2.75) is 27.2 Å². The summed E-state index contributed by atoms with van der Waals surface area (Å²) >= 11 is 0. The second kappa shape index (κ2) is 5.33. The minimum absolute atomic E-state index is 0.140. The van der Waals surface area contributed by atoms with Gasteiger partial charge in [-0.25, -0.2) is 4.79 Å². The van der Waals surface area contributed by atoms with Gasteiger partial charge >= 0.3 is 5.97 Å². The number of aromatic carboxylic acids is 1. The van der Waals surface area contributed by atoms with Crippen molar-refractivity contribution in [2.24, 2.45) is 0 Å².